The first-order valence-electron chi connectivity index (χ1n) is 5.53. The van der Waals surface area contributed by atoms with E-state index in [0.717, 1.165) is 14.5 Å². The van der Waals surface area contributed by atoms with Crippen LogP contribution >= 0.6 is 31.9 Å². The van der Waals surface area contributed by atoms with Crippen LogP contribution in [0.2, 0.25) is 0 Å². The summed E-state index contributed by atoms with van der Waals surface area (Å²) in [4.78, 5) is 4.31. The molecule has 0 aliphatic heterocycles. The third-order valence-electron chi connectivity index (χ3n) is 2.53. The van der Waals surface area contributed by atoms with Gasteiger partial charge in [0.05, 0.1) is 6.04 Å². The van der Waals surface area contributed by atoms with E-state index in [1.165, 1.54) is 0 Å². The van der Waals surface area contributed by atoms with Crippen LogP contribution in [0.25, 0.3) is 0 Å². The molecule has 6 heteroatoms. The van der Waals surface area contributed by atoms with Crippen molar-refractivity contribution >= 4 is 31.9 Å². The van der Waals surface area contributed by atoms with Crippen molar-refractivity contribution in [1.29, 1.82) is 0 Å². The average Bonchev–Trinajstić information content (AvgIpc) is 2.81. The van der Waals surface area contributed by atoms with E-state index >= 15 is 0 Å². The Hall–Kier alpha value is -0.720. The molecule has 0 spiro atoms. The highest BCUT2D eigenvalue weighted by atomic mass is 79.9. The van der Waals surface area contributed by atoms with Gasteiger partial charge in [-0.15, -0.1) is 0 Å². The summed E-state index contributed by atoms with van der Waals surface area (Å²) in [5.74, 6) is 1.32. The van der Waals surface area contributed by atoms with Crippen LogP contribution in [0.4, 0.5) is 0 Å². The molecule has 4 nitrogen and oxygen atoms in total. The molecule has 0 aliphatic carbocycles. The van der Waals surface area contributed by atoms with E-state index in [-0.39, 0.29) is 12.0 Å². The number of halogens is 2. The predicted octanol–water partition coefficient (Wildman–Crippen LogP) is 3.77. The second-order valence-electron chi connectivity index (χ2n) is 4.30. The van der Waals surface area contributed by atoms with Crippen LogP contribution in [0.15, 0.2) is 31.7 Å². The lowest BCUT2D eigenvalue weighted by Gasteiger charge is -2.08. The van der Waals surface area contributed by atoms with Crippen molar-refractivity contribution in [2.75, 3.05) is 0 Å². The lowest BCUT2D eigenvalue weighted by Crippen LogP contribution is -2.13. The van der Waals surface area contributed by atoms with E-state index in [4.69, 9.17) is 10.3 Å². The highest BCUT2D eigenvalue weighted by Crippen LogP contribution is 2.27. The smallest absolute Gasteiger partial charge is 0.229 e. The second kappa shape index (κ2) is 5.50. The minimum Gasteiger partial charge on any atom is -0.339 e. The molecule has 0 radical (unpaired) electrons. The van der Waals surface area contributed by atoms with Crippen LogP contribution < -0.4 is 5.73 Å². The maximum atomic E-state index is 6.13. The minimum absolute atomic E-state index is 0.204. The fraction of sp³-hybridized carbons (Fsp3) is 0.333. The third kappa shape index (κ3) is 2.81. The molecular weight excluding hydrogens is 362 g/mol. The Bertz CT molecular complexity index is 554. The van der Waals surface area contributed by atoms with E-state index in [1.807, 2.05) is 32.0 Å². The summed E-state index contributed by atoms with van der Waals surface area (Å²) in [6.07, 6.45) is 0. The fourth-order valence-corrected chi connectivity index (χ4v) is 2.11. The zero-order valence-corrected chi connectivity index (χ0v) is 13.2. The molecule has 1 unspecified atom stereocenters. The van der Waals surface area contributed by atoms with E-state index in [9.17, 15) is 0 Å². The molecule has 0 saturated heterocycles. The standard InChI is InChI=1S/C12H13Br2N3O/c1-6(2)12-16-11(17-18-12)10(15)7-3-4-8(13)9(14)5-7/h3-6,10H,15H2,1-2H3. The lowest BCUT2D eigenvalue weighted by atomic mass is 10.1. The molecular formula is C12H13Br2N3O. The molecule has 2 rings (SSSR count). The number of aromatic nitrogens is 2. The Kier molecular flexibility index (Phi) is 4.19. The number of nitrogens with zero attached hydrogens (tertiary/aromatic N) is 2. The van der Waals surface area contributed by atoms with Crippen LogP contribution in [-0.4, -0.2) is 10.1 Å². The topological polar surface area (TPSA) is 64.9 Å². The van der Waals surface area contributed by atoms with Crippen LogP contribution in [0.5, 0.6) is 0 Å². The summed E-state index contributed by atoms with van der Waals surface area (Å²) in [5.41, 5.74) is 7.06. The van der Waals surface area contributed by atoms with Crippen LogP contribution in [-0.2, 0) is 0 Å². The second-order valence-corrected chi connectivity index (χ2v) is 6.01. The summed E-state index contributed by atoms with van der Waals surface area (Å²) in [5, 5.41) is 3.93. The van der Waals surface area contributed by atoms with Gasteiger partial charge in [0.25, 0.3) is 0 Å². The van der Waals surface area contributed by atoms with Crippen molar-refractivity contribution in [1.82, 2.24) is 10.1 Å². The zero-order valence-electron chi connectivity index (χ0n) is 10.0. The van der Waals surface area contributed by atoms with E-state index in [1.54, 1.807) is 0 Å². The molecule has 0 saturated carbocycles. The zero-order chi connectivity index (χ0) is 13.3. The van der Waals surface area contributed by atoms with Gasteiger partial charge in [0.1, 0.15) is 0 Å². The Morgan fingerprint density at radius 2 is 1.94 bits per heavy atom. The Balaban J connectivity index is 2.29. The molecule has 1 aromatic carbocycles. The van der Waals surface area contributed by atoms with Crippen molar-refractivity contribution in [3.05, 3.63) is 44.4 Å². The fourth-order valence-electron chi connectivity index (χ4n) is 1.46. The summed E-state index contributed by atoms with van der Waals surface area (Å²) >= 11 is 6.87. The highest BCUT2D eigenvalue weighted by molar-refractivity contribution is 9.13. The first kappa shape index (κ1) is 13.7. The van der Waals surface area contributed by atoms with Gasteiger partial charge in [-0.2, -0.15) is 4.98 Å². The van der Waals surface area contributed by atoms with Crippen molar-refractivity contribution in [2.24, 2.45) is 5.73 Å². The monoisotopic (exact) mass is 373 g/mol. The molecule has 0 bridgehead atoms. The predicted molar refractivity (Wildman–Crippen MR) is 76.3 cm³/mol. The Morgan fingerprint density at radius 1 is 1.22 bits per heavy atom. The molecule has 1 atom stereocenters. The Labute approximate surface area is 122 Å². The molecule has 0 aliphatic rings. The van der Waals surface area contributed by atoms with Gasteiger partial charge in [-0.05, 0) is 49.6 Å². The van der Waals surface area contributed by atoms with Crippen molar-refractivity contribution in [3.8, 4) is 0 Å². The Morgan fingerprint density at radius 3 is 2.50 bits per heavy atom. The maximum Gasteiger partial charge on any atom is 0.229 e. The normalized spacial score (nSPS) is 13.0. The number of hydrogen-bond acceptors (Lipinski definition) is 4. The first-order chi connectivity index (χ1) is 8.49. The molecule has 2 N–H and O–H groups in total. The number of nitrogens with two attached hydrogens (primary N) is 1. The molecule has 96 valence electrons. The van der Waals surface area contributed by atoms with Gasteiger partial charge in [-0.3, -0.25) is 0 Å². The van der Waals surface area contributed by atoms with Crippen LogP contribution in [0.3, 0.4) is 0 Å². The van der Waals surface area contributed by atoms with E-state index in [0.29, 0.717) is 11.7 Å². The molecule has 0 amide bonds. The molecule has 1 heterocycles. The lowest BCUT2D eigenvalue weighted by molar-refractivity contribution is 0.359. The molecule has 1 aromatic heterocycles. The van der Waals surface area contributed by atoms with Crippen molar-refractivity contribution in [2.45, 2.75) is 25.8 Å². The van der Waals surface area contributed by atoms with Gasteiger partial charge in [0, 0.05) is 14.9 Å². The van der Waals surface area contributed by atoms with Gasteiger partial charge < -0.3 is 10.3 Å². The number of hydrogen-bond donors (Lipinski definition) is 1. The van der Waals surface area contributed by atoms with Crippen LogP contribution in [0.1, 0.15) is 43.1 Å². The molecule has 0 fully saturated rings. The first-order valence-corrected chi connectivity index (χ1v) is 7.11. The van der Waals surface area contributed by atoms with Gasteiger partial charge in [0.2, 0.25) is 5.89 Å². The SMILES string of the molecule is CC(C)c1nc(C(N)c2ccc(Br)c(Br)c2)no1. The summed E-state index contributed by atoms with van der Waals surface area (Å²) < 4.78 is 7.09. The maximum absolute atomic E-state index is 6.13. The third-order valence-corrected chi connectivity index (χ3v) is 4.41. The van der Waals surface area contributed by atoms with Crippen LogP contribution in [0, 0.1) is 0 Å². The van der Waals surface area contributed by atoms with E-state index < -0.39 is 0 Å². The quantitative estimate of drug-likeness (QED) is 0.888. The molecule has 2 aromatic rings. The minimum atomic E-state index is -0.384. The average molecular weight is 375 g/mol. The van der Waals surface area contributed by atoms with Gasteiger partial charge in [0.15, 0.2) is 5.82 Å². The van der Waals surface area contributed by atoms with Crippen molar-refractivity contribution < 1.29 is 4.52 Å². The van der Waals surface area contributed by atoms with E-state index in [2.05, 4.69) is 42.0 Å². The summed E-state index contributed by atoms with van der Waals surface area (Å²) in [6.45, 7) is 4.00. The molecule has 18 heavy (non-hydrogen) atoms. The largest absolute Gasteiger partial charge is 0.339 e. The van der Waals surface area contributed by atoms with Gasteiger partial charge in [-0.25, -0.2) is 0 Å². The van der Waals surface area contributed by atoms with Gasteiger partial charge >= 0.3 is 0 Å². The number of rotatable bonds is 3. The van der Waals surface area contributed by atoms with Gasteiger partial charge in [-0.1, -0.05) is 25.1 Å². The van der Waals surface area contributed by atoms with Crippen molar-refractivity contribution in [3.63, 3.8) is 0 Å². The highest BCUT2D eigenvalue weighted by Gasteiger charge is 2.18. The number of benzene rings is 1. The summed E-state index contributed by atoms with van der Waals surface area (Å²) in [7, 11) is 0. The summed E-state index contributed by atoms with van der Waals surface area (Å²) in [6, 6.07) is 5.43.